The van der Waals surface area contributed by atoms with Crippen LogP contribution in [0.15, 0.2) is 29.2 Å². The minimum Gasteiger partial charge on any atom is -0.309 e. The molecule has 0 aliphatic carbocycles. The van der Waals surface area contributed by atoms with Crippen molar-refractivity contribution in [1.29, 1.82) is 0 Å². The number of benzene rings is 1. The predicted octanol–water partition coefficient (Wildman–Crippen LogP) is 4.10. The molecule has 1 aromatic carbocycles. The first-order chi connectivity index (χ1) is 9.13. The van der Waals surface area contributed by atoms with Crippen LogP contribution in [-0.4, -0.2) is 37.1 Å². The number of unbranched alkanes of at least 4 members (excludes halogenated alkanes) is 1. The van der Waals surface area contributed by atoms with Gasteiger partial charge in [0, 0.05) is 16.9 Å². The number of thioether (sulfide) groups is 1. The highest BCUT2D eigenvalue weighted by Crippen LogP contribution is 2.20. The predicted molar refractivity (Wildman–Crippen MR) is 84.2 cm³/mol. The number of rotatable bonds is 9. The molecule has 2 nitrogen and oxygen atoms in total. The summed E-state index contributed by atoms with van der Waals surface area (Å²) in [4.78, 5) is 15.3. The van der Waals surface area contributed by atoms with Crippen LogP contribution in [0.2, 0.25) is 0 Å². The van der Waals surface area contributed by atoms with E-state index in [4.69, 9.17) is 0 Å². The quantitative estimate of drug-likeness (QED) is 0.385. The standard InChI is InChI=1S/C16H25NOS/c1-4-5-7-16(18)14-8-10-15(11-9-14)19-13-6-12-17(2)3/h8-11H,4-7,12-13H2,1-3H3. The first kappa shape index (κ1) is 16.3. The number of nitrogens with zero attached hydrogens (tertiary/aromatic N) is 1. The van der Waals surface area contributed by atoms with E-state index < -0.39 is 0 Å². The molecular formula is C16H25NOS. The van der Waals surface area contributed by atoms with Gasteiger partial charge in [-0.15, -0.1) is 11.8 Å². The van der Waals surface area contributed by atoms with Gasteiger partial charge >= 0.3 is 0 Å². The monoisotopic (exact) mass is 279 g/mol. The highest BCUT2D eigenvalue weighted by molar-refractivity contribution is 7.99. The van der Waals surface area contributed by atoms with E-state index in [1.165, 1.54) is 11.3 Å². The summed E-state index contributed by atoms with van der Waals surface area (Å²) in [7, 11) is 4.20. The number of carbonyl (C=O) groups excluding carboxylic acids is 1. The first-order valence-electron chi connectivity index (χ1n) is 7.04. The van der Waals surface area contributed by atoms with E-state index in [0.717, 1.165) is 30.7 Å². The van der Waals surface area contributed by atoms with Gasteiger partial charge in [-0.1, -0.05) is 25.5 Å². The Balaban J connectivity index is 2.36. The molecule has 0 aliphatic rings. The molecule has 0 radical (unpaired) electrons. The van der Waals surface area contributed by atoms with Gasteiger partial charge in [-0.2, -0.15) is 0 Å². The third kappa shape index (κ3) is 6.79. The molecule has 0 heterocycles. The number of hydrogen-bond donors (Lipinski definition) is 0. The molecule has 0 unspecified atom stereocenters. The Bertz CT molecular complexity index is 373. The number of carbonyl (C=O) groups is 1. The third-order valence-electron chi connectivity index (χ3n) is 2.95. The van der Waals surface area contributed by atoms with Crippen molar-refractivity contribution in [3.05, 3.63) is 29.8 Å². The second-order valence-electron chi connectivity index (χ2n) is 5.06. The molecule has 0 saturated heterocycles. The Morgan fingerprint density at radius 2 is 1.84 bits per heavy atom. The topological polar surface area (TPSA) is 20.3 Å². The number of ketones is 1. The molecule has 0 N–H and O–H groups in total. The average molecular weight is 279 g/mol. The van der Waals surface area contributed by atoms with Crippen LogP contribution in [0.25, 0.3) is 0 Å². The van der Waals surface area contributed by atoms with E-state index in [1.807, 2.05) is 23.9 Å². The summed E-state index contributed by atoms with van der Waals surface area (Å²) in [5, 5.41) is 0. The van der Waals surface area contributed by atoms with Crippen molar-refractivity contribution in [2.24, 2.45) is 0 Å². The van der Waals surface area contributed by atoms with Gasteiger partial charge in [0.1, 0.15) is 0 Å². The van der Waals surface area contributed by atoms with Crippen molar-refractivity contribution in [2.45, 2.75) is 37.5 Å². The van der Waals surface area contributed by atoms with E-state index in [1.54, 1.807) is 0 Å². The van der Waals surface area contributed by atoms with Gasteiger partial charge in [0.25, 0.3) is 0 Å². The van der Waals surface area contributed by atoms with Crippen LogP contribution in [0, 0.1) is 0 Å². The highest BCUT2D eigenvalue weighted by atomic mass is 32.2. The van der Waals surface area contributed by atoms with E-state index >= 15 is 0 Å². The SMILES string of the molecule is CCCCC(=O)c1ccc(SCCCN(C)C)cc1. The fourth-order valence-electron chi connectivity index (χ4n) is 1.79. The first-order valence-corrected chi connectivity index (χ1v) is 8.03. The van der Waals surface area contributed by atoms with Crippen LogP contribution in [0.1, 0.15) is 43.0 Å². The maximum atomic E-state index is 11.8. The maximum absolute atomic E-state index is 11.8. The third-order valence-corrected chi connectivity index (χ3v) is 4.05. The lowest BCUT2D eigenvalue weighted by Crippen LogP contribution is -2.13. The van der Waals surface area contributed by atoms with Crippen molar-refractivity contribution in [1.82, 2.24) is 4.90 Å². The molecule has 0 saturated carbocycles. The molecule has 0 atom stereocenters. The molecule has 3 heteroatoms. The summed E-state index contributed by atoms with van der Waals surface area (Å²) in [5.74, 6) is 1.40. The Morgan fingerprint density at radius 1 is 1.16 bits per heavy atom. The Kier molecular flexibility index (Phi) is 7.84. The van der Waals surface area contributed by atoms with Crippen LogP contribution >= 0.6 is 11.8 Å². The molecule has 1 aromatic rings. The Hall–Kier alpha value is -0.800. The molecule has 106 valence electrons. The molecule has 0 aliphatic heterocycles. The van der Waals surface area contributed by atoms with Crippen molar-refractivity contribution in [3.63, 3.8) is 0 Å². The van der Waals surface area contributed by atoms with Crippen molar-refractivity contribution >= 4 is 17.5 Å². The number of hydrogen-bond acceptors (Lipinski definition) is 3. The van der Waals surface area contributed by atoms with Crippen molar-refractivity contribution < 1.29 is 4.79 Å². The Morgan fingerprint density at radius 3 is 2.42 bits per heavy atom. The summed E-state index contributed by atoms with van der Waals surface area (Å²) in [6, 6.07) is 8.07. The van der Waals surface area contributed by atoms with Crippen molar-refractivity contribution in [3.8, 4) is 0 Å². The normalized spacial score (nSPS) is 10.9. The number of Topliss-reactive ketones (excluding diaryl/α,β-unsaturated/α-hetero) is 1. The minimum atomic E-state index is 0.269. The minimum absolute atomic E-state index is 0.269. The van der Waals surface area contributed by atoms with Crippen LogP contribution in [-0.2, 0) is 0 Å². The molecular weight excluding hydrogens is 254 g/mol. The second kappa shape index (κ2) is 9.16. The Labute approximate surface area is 121 Å². The van der Waals surface area contributed by atoms with Gasteiger partial charge in [-0.25, -0.2) is 0 Å². The van der Waals surface area contributed by atoms with E-state index in [0.29, 0.717) is 6.42 Å². The largest absolute Gasteiger partial charge is 0.309 e. The lowest BCUT2D eigenvalue weighted by atomic mass is 10.1. The van der Waals surface area contributed by atoms with Gasteiger partial charge in [-0.05, 0) is 51.4 Å². The summed E-state index contributed by atoms with van der Waals surface area (Å²) >= 11 is 1.86. The van der Waals surface area contributed by atoms with E-state index in [-0.39, 0.29) is 5.78 Å². The fraction of sp³-hybridized carbons (Fsp3) is 0.562. The van der Waals surface area contributed by atoms with Crippen LogP contribution in [0.4, 0.5) is 0 Å². The second-order valence-corrected chi connectivity index (χ2v) is 6.22. The average Bonchev–Trinajstić information content (AvgIpc) is 2.41. The summed E-state index contributed by atoms with van der Waals surface area (Å²) in [6.07, 6.45) is 3.92. The van der Waals surface area contributed by atoms with E-state index in [2.05, 4.69) is 38.1 Å². The zero-order chi connectivity index (χ0) is 14.1. The van der Waals surface area contributed by atoms with Crippen LogP contribution in [0.3, 0.4) is 0 Å². The molecule has 0 spiro atoms. The summed E-state index contributed by atoms with van der Waals surface area (Å²) in [6.45, 7) is 3.24. The van der Waals surface area contributed by atoms with Gasteiger partial charge in [0.05, 0.1) is 0 Å². The molecule has 0 aromatic heterocycles. The van der Waals surface area contributed by atoms with Crippen LogP contribution < -0.4 is 0 Å². The smallest absolute Gasteiger partial charge is 0.162 e. The van der Waals surface area contributed by atoms with Crippen LogP contribution in [0.5, 0.6) is 0 Å². The van der Waals surface area contributed by atoms with Gasteiger partial charge < -0.3 is 4.90 Å². The molecule has 19 heavy (non-hydrogen) atoms. The maximum Gasteiger partial charge on any atom is 0.162 e. The van der Waals surface area contributed by atoms with E-state index in [9.17, 15) is 4.79 Å². The molecule has 0 bridgehead atoms. The van der Waals surface area contributed by atoms with Crippen molar-refractivity contribution in [2.75, 3.05) is 26.4 Å². The summed E-state index contributed by atoms with van der Waals surface area (Å²) < 4.78 is 0. The van der Waals surface area contributed by atoms with Gasteiger partial charge in [-0.3, -0.25) is 4.79 Å². The lowest BCUT2D eigenvalue weighted by Gasteiger charge is -2.08. The zero-order valence-electron chi connectivity index (χ0n) is 12.3. The van der Waals surface area contributed by atoms with Gasteiger partial charge in [0.2, 0.25) is 0 Å². The zero-order valence-corrected chi connectivity index (χ0v) is 13.1. The summed E-state index contributed by atoms with van der Waals surface area (Å²) in [5.41, 5.74) is 0.853. The molecule has 0 fully saturated rings. The molecule has 0 amide bonds. The van der Waals surface area contributed by atoms with Gasteiger partial charge in [0.15, 0.2) is 5.78 Å². The fourth-order valence-corrected chi connectivity index (χ4v) is 2.63. The highest BCUT2D eigenvalue weighted by Gasteiger charge is 2.04. The molecule has 1 rings (SSSR count). The lowest BCUT2D eigenvalue weighted by molar-refractivity contribution is 0.0979.